The summed E-state index contributed by atoms with van der Waals surface area (Å²) in [5, 5.41) is 3.19. The molecule has 6 nitrogen and oxygen atoms in total. The lowest BCUT2D eigenvalue weighted by atomic mass is 9.94. The van der Waals surface area contributed by atoms with Gasteiger partial charge in [-0.3, -0.25) is 14.5 Å². The average molecular weight is 392 g/mol. The second-order valence-electron chi connectivity index (χ2n) is 9.21. The van der Waals surface area contributed by atoms with Crippen LogP contribution in [0.4, 0.5) is 0 Å². The lowest BCUT2D eigenvalue weighted by molar-refractivity contribution is -0.138. The van der Waals surface area contributed by atoms with E-state index in [0.717, 1.165) is 71.3 Å². The van der Waals surface area contributed by atoms with E-state index < -0.39 is 0 Å². The molecule has 158 valence electrons. The number of nitrogens with one attached hydrogen (secondary N) is 1. The van der Waals surface area contributed by atoms with E-state index in [1.165, 1.54) is 25.7 Å². The zero-order valence-corrected chi connectivity index (χ0v) is 17.2. The number of rotatable bonds is 6. The first kappa shape index (κ1) is 20.1. The Labute approximate surface area is 169 Å². The molecule has 2 aliphatic carbocycles. The standard InChI is InChI=1S/C22H37N3O3/c26-21(23-16-19-10-5-15-28-19)20(17-6-1-2-7-17)24-11-13-25(14-12-24)22(27)18-8-3-4-9-18/h17-20H,1-16H2,(H,23,26). The Bertz CT molecular complexity index is 529. The first-order valence-electron chi connectivity index (χ1n) is 11.6. The number of carbonyl (C=O) groups excluding carboxylic acids is 2. The summed E-state index contributed by atoms with van der Waals surface area (Å²) in [6, 6.07) is -0.0346. The van der Waals surface area contributed by atoms with Gasteiger partial charge in [0.1, 0.15) is 0 Å². The Balaban J connectivity index is 1.32. The van der Waals surface area contributed by atoms with Crippen LogP contribution < -0.4 is 5.32 Å². The Hall–Kier alpha value is -1.14. The third-order valence-electron chi connectivity index (χ3n) is 7.37. The Morgan fingerprint density at radius 2 is 1.57 bits per heavy atom. The van der Waals surface area contributed by atoms with Crippen LogP contribution in [-0.2, 0) is 14.3 Å². The summed E-state index contributed by atoms with van der Waals surface area (Å²) in [6.45, 7) is 4.67. The van der Waals surface area contributed by atoms with Crippen molar-refractivity contribution in [1.82, 2.24) is 15.1 Å². The molecule has 4 rings (SSSR count). The van der Waals surface area contributed by atoms with Gasteiger partial charge in [0.2, 0.25) is 11.8 Å². The van der Waals surface area contributed by atoms with E-state index in [1.807, 2.05) is 0 Å². The van der Waals surface area contributed by atoms with Crippen molar-refractivity contribution in [2.45, 2.75) is 76.4 Å². The minimum Gasteiger partial charge on any atom is -0.376 e. The summed E-state index contributed by atoms with van der Waals surface area (Å²) >= 11 is 0. The van der Waals surface area contributed by atoms with Crippen LogP contribution in [0.1, 0.15) is 64.2 Å². The van der Waals surface area contributed by atoms with E-state index in [1.54, 1.807) is 0 Å². The molecule has 2 unspecified atom stereocenters. The van der Waals surface area contributed by atoms with Gasteiger partial charge in [-0.25, -0.2) is 0 Å². The summed E-state index contributed by atoms with van der Waals surface area (Å²) in [5.74, 6) is 1.25. The van der Waals surface area contributed by atoms with Crippen LogP contribution >= 0.6 is 0 Å². The summed E-state index contributed by atoms with van der Waals surface area (Å²) in [7, 11) is 0. The molecular weight excluding hydrogens is 354 g/mol. The zero-order valence-electron chi connectivity index (χ0n) is 17.2. The SMILES string of the molecule is O=C(NCC1CCCO1)C(C1CCCC1)N1CCN(C(=O)C2CCCC2)CC1. The number of ether oxygens (including phenoxy) is 1. The first-order chi connectivity index (χ1) is 13.7. The lowest BCUT2D eigenvalue weighted by Gasteiger charge is -2.41. The average Bonchev–Trinajstić information content (AvgIpc) is 3.50. The Kier molecular flexibility index (Phi) is 6.89. The van der Waals surface area contributed by atoms with Gasteiger partial charge in [0.15, 0.2) is 0 Å². The van der Waals surface area contributed by atoms with Gasteiger partial charge >= 0.3 is 0 Å². The molecule has 2 aliphatic heterocycles. The molecule has 0 radical (unpaired) electrons. The van der Waals surface area contributed by atoms with Gasteiger partial charge in [0.05, 0.1) is 12.1 Å². The number of amides is 2. The Morgan fingerprint density at radius 1 is 0.893 bits per heavy atom. The van der Waals surface area contributed by atoms with Crippen LogP contribution in [0.2, 0.25) is 0 Å². The summed E-state index contributed by atoms with van der Waals surface area (Å²) < 4.78 is 5.67. The summed E-state index contributed by atoms with van der Waals surface area (Å²) in [6.07, 6.45) is 11.6. The van der Waals surface area contributed by atoms with Gasteiger partial charge in [-0.2, -0.15) is 0 Å². The molecule has 0 aromatic rings. The van der Waals surface area contributed by atoms with E-state index in [-0.39, 0.29) is 24.0 Å². The minimum absolute atomic E-state index is 0.0346. The molecule has 2 heterocycles. The smallest absolute Gasteiger partial charge is 0.237 e. The molecular formula is C22H37N3O3. The van der Waals surface area contributed by atoms with Crippen molar-refractivity contribution in [1.29, 1.82) is 0 Å². The maximum atomic E-state index is 13.1. The van der Waals surface area contributed by atoms with Crippen molar-refractivity contribution in [2.75, 3.05) is 39.3 Å². The topological polar surface area (TPSA) is 61.9 Å². The predicted octanol–water partition coefficient (Wildman–Crippen LogP) is 2.17. The lowest BCUT2D eigenvalue weighted by Crippen LogP contribution is -2.58. The van der Waals surface area contributed by atoms with Gasteiger partial charge in [0.25, 0.3) is 0 Å². The van der Waals surface area contributed by atoms with E-state index in [4.69, 9.17) is 4.74 Å². The first-order valence-corrected chi connectivity index (χ1v) is 11.6. The largest absolute Gasteiger partial charge is 0.376 e. The van der Waals surface area contributed by atoms with Crippen molar-refractivity contribution in [3.05, 3.63) is 0 Å². The molecule has 6 heteroatoms. The molecule has 0 spiro atoms. The zero-order chi connectivity index (χ0) is 19.3. The quantitative estimate of drug-likeness (QED) is 0.754. The molecule has 2 saturated heterocycles. The maximum absolute atomic E-state index is 13.1. The molecule has 2 saturated carbocycles. The summed E-state index contributed by atoms with van der Waals surface area (Å²) in [5.41, 5.74) is 0. The van der Waals surface area contributed by atoms with Crippen molar-refractivity contribution < 1.29 is 14.3 Å². The van der Waals surface area contributed by atoms with Gasteiger partial charge in [-0.1, -0.05) is 25.7 Å². The van der Waals surface area contributed by atoms with Crippen molar-refractivity contribution >= 4 is 11.8 Å². The molecule has 2 amide bonds. The Morgan fingerprint density at radius 3 is 2.21 bits per heavy atom. The van der Waals surface area contributed by atoms with Crippen LogP contribution in [0.5, 0.6) is 0 Å². The molecule has 4 fully saturated rings. The normalized spacial score (nSPS) is 28.7. The third kappa shape index (κ3) is 4.70. The molecule has 0 aromatic carbocycles. The monoisotopic (exact) mass is 391 g/mol. The number of piperazine rings is 1. The summed E-state index contributed by atoms with van der Waals surface area (Å²) in [4.78, 5) is 30.3. The number of hydrogen-bond acceptors (Lipinski definition) is 4. The third-order valence-corrected chi connectivity index (χ3v) is 7.37. The molecule has 4 aliphatic rings. The van der Waals surface area contributed by atoms with E-state index in [9.17, 15) is 9.59 Å². The van der Waals surface area contributed by atoms with E-state index >= 15 is 0 Å². The van der Waals surface area contributed by atoms with Gasteiger partial charge in [-0.05, 0) is 44.4 Å². The highest BCUT2D eigenvalue weighted by Crippen LogP contribution is 2.32. The maximum Gasteiger partial charge on any atom is 0.237 e. The van der Waals surface area contributed by atoms with E-state index in [2.05, 4.69) is 15.1 Å². The second kappa shape index (κ2) is 9.57. The van der Waals surface area contributed by atoms with Crippen LogP contribution in [0, 0.1) is 11.8 Å². The highest BCUT2D eigenvalue weighted by molar-refractivity contribution is 5.82. The minimum atomic E-state index is -0.0346. The molecule has 2 atom stereocenters. The molecule has 0 aromatic heterocycles. The van der Waals surface area contributed by atoms with Gasteiger partial charge < -0.3 is 15.0 Å². The predicted molar refractivity (Wildman–Crippen MR) is 108 cm³/mol. The fourth-order valence-electron chi connectivity index (χ4n) is 5.73. The highest BCUT2D eigenvalue weighted by Gasteiger charge is 2.38. The highest BCUT2D eigenvalue weighted by atomic mass is 16.5. The number of hydrogen-bond donors (Lipinski definition) is 1. The molecule has 0 bridgehead atoms. The van der Waals surface area contributed by atoms with Crippen LogP contribution in [-0.4, -0.2) is 73.1 Å². The van der Waals surface area contributed by atoms with Crippen LogP contribution in [0.3, 0.4) is 0 Å². The number of nitrogens with zero attached hydrogens (tertiary/aromatic N) is 2. The van der Waals surface area contributed by atoms with Gasteiger partial charge in [0, 0.05) is 45.2 Å². The fourth-order valence-corrected chi connectivity index (χ4v) is 5.73. The number of carbonyl (C=O) groups is 2. The van der Waals surface area contributed by atoms with Crippen molar-refractivity contribution in [2.24, 2.45) is 11.8 Å². The fraction of sp³-hybridized carbons (Fsp3) is 0.909. The van der Waals surface area contributed by atoms with Gasteiger partial charge in [-0.15, -0.1) is 0 Å². The molecule has 1 N–H and O–H groups in total. The van der Waals surface area contributed by atoms with Crippen LogP contribution in [0.25, 0.3) is 0 Å². The van der Waals surface area contributed by atoms with Crippen molar-refractivity contribution in [3.8, 4) is 0 Å². The van der Waals surface area contributed by atoms with Crippen LogP contribution in [0.15, 0.2) is 0 Å². The second-order valence-corrected chi connectivity index (χ2v) is 9.21. The van der Waals surface area contributed by atoms with Crippen molar-refractivity contribution in [3.63, 3.8) is 0 Å². The molecule has 28 heavy (non-hydrogen) atoms. The van der Waals surface area contributed by atoms with E-state index in [0.29, 0.717) is 18.4 Å².